The molecule has 0 spiro atoms. The van der Waals surface area contributed by atoms with E-state index in [9.17, 15) is 22.4 Å². The Morgan fingerprint density at radius 1 is 1.10 bits per heavy atom. The number of carbonyl (C=O) groups excluding carboxylic acids is 1. The molecule has 0 unspecified atom stereocenters. The Kier molecular flexibility index (Phi) is 4.46. The first-order chi connectivity index (χ1) is 9.79. The van der Waals surface area contributed by atoms with Gasteiger partial charge in [-0.3, -0.25) is 4.79 Å². The number of benzene rings is 2. The van der Waals surface area contributed by atoms with E-state index in [1.165, 1.54) is 18.2 Å². The Hall–Kier alpha value is -1.69. The second-order valence-electron chi connectivity index (χ2n) is 4.38. The molecule has 0 aliphatic rings. The summed E-state index contributed by atoms with van der Waals surface area (Å²) in [6.45, 7) is 0. The van der Waals surface area contributed by atoms with Gasteiger partial charge in [0.25, 0.3) is 0 Å². The molecule has 2 aromatic carbocycles. The van der Waals surface area contributed by atoms with E-state index in [4.69, 9.17) is 0 Å². The summed E-state index contributed by atoms with van der Waals surface area (Å²) in [5.41, 5.74) is -0.923. The number of ketones is 1. The lowest BCUT2D eigenvalue weighted by atomic mass is 9.98. The minimum absolute atomic E-state index is 0.242. The quantitative estimate of drug-likeness (QED) is 0.554. The van der Waals surface area contributed by atoms with Crippen molar-refractivity contribution in [3.8, 4) is 0 Å². The molecule has 0 radical (unpaired) electrons. The molecular weight excluding hydrogens is 352 g/mol. The van der Waals surface area contributed by atoms with Crippen molar-refractivity contribution in [3.05, 3.63) is 69.4 Å². The van der Waals surface area contributed by atoms with Gasteiger partial charge in [-0.15, -0.1) is 0 Å². The van der Waals surface area contributed by atoms with Crippen molar-refractivity contribution in [2.45, 2.75) is 12.6 Å². The fourth-order valence-electron chi connectivity index (χ4n) is 1.91. The van der Waals surface area contributed by atoms with E-state index < -0.39 is 23.3 Å². The van der Waals surface area contributed by atoms with Crippen molar-refractivity contribution in [1.82, 2.24) is 0 Å². The maximum atomic E-state index is 13.0. The normalized spacial score (nSPS) is 11.5. The van der Waals surface area contributed by atoms with E-state index in [2.05, 4.69) is 15.9 Å². The summed E-state index contributed by atoms with van der Waals surface area (Å²) in [7, 11) is 0. The van der Waals surface area contributed by atoms with E-state index in [-0.39, 0.29) is 12.0 Å². The number of carbonyl (C=O) groups is 1. The third kappa shape index (κ3) is 3.69. The molecule has 0 aromatic heterocycles. The molecule has 110 valence electrons. The predicted octanol–water partition coefficient (Wildman–Crippen LogP) is 5.03. The van der Waals surface area contributed by atoms with Gasteiger partial charge in [0.15, 0.2) is 5.78 Å². The summed E-state index contributed by atoms with van der Waals surface area (Å²) in [6.07, 6.45) is -4.83. The van der Waals surface area contributed by atoms with E-state index >= 15 is 0 Å². The lowest BCUT2D eigenvalue weighted by molar-refractivity contribution is -0.137. The molecule has 0 heterocycles. The number of rotatable bonds is 3. The zero-order valence-corrected chi connectivity index (χ0v) is 12.1. The highest BCUT2D eigenvalue weighted by Crippen LogP contribution is 2.32. The Balaban J connectivity index is 2.33. The van der Waals surface area contributed by atoms with Crippen LogP contribution in [0.1, 0.15) is 21.5 Å². The van der Waals surface area contributed by atoms with Gasteiger partial charge < -0.3 is 0 Å². The Bertz CT molecular complexity index is 680. The molecule has 0 aliphatic carbocycles. The highest BCUT2D eigenvalue weighted by molar-refractivity contribution is 9.10. The third-order valence-corrected chi connectivity index (χ3v) is 3.64. The predicted molar refractivity (Wildman–Crippen MR) is 73.6 cm³/mol. The molecule has 0 amide bonds. The maximum Gasteiger partial charge on any atom is 0.417 e. The standard InChI is InChI=1S/C15H9BrF4O/c16-13-8-10(17)6-5-9(13)7-14(21)11-3-1-2-4-12(11)15(18,19)20/h1-6,8H,7H2. The fraction of sp³-hybridized carbons (Fsp3) is 0.133. The van der Waals surface area contributed by atoms with Gasteiger partial charge in [0, 0.05) is 16.5 Å². The molecule has 0 atom stereocenters. The molecule has 0 fully saturated rings. The van der Waals surface area contributed by atoms with Crippen LogP contribution in [0.5, 0.6) is 0 Å². The van der Waals surface area contributed by atoms with E-state index in [0.29, 0.717) is 10.0 Å². The van der Waals surface area contributed by atoms with Crippen LogP contribution in [0.3, 0.4) is 0 Å². The number of Topliss-reactive ketones (excluding diaryl/α,β-unsaturated/α-hetero) is 1. The van der Waals surface area contributed by atoms with Crippen LogP contribution < -0.4 is 0 Å². The monoisotopic (exact) mass is 360 g/mol. The second kappa shape index (κ2) is 5.97. The van der Waals surface area contributed by atoms with Crippen LogP contribution in [0.2, 0.25) is 0 Å². The maximum absolute atomic E-state index is 13.0. The van der Waals surface area contributed by atoms with Crippen molar-refractivity contribution < 1.29 is 22.4 Å². The van der Waals surface area contributed by atoms with Crippen LogP contribution in [0.25, 0.3) is 0 Å². The SMILES string of the molecule is O=C(Cc1ccc(F)cc1Br)c1ccccc1C(F)(F)F. The molecule has 2 aromatic rings. The number of hydrogen-bond donors (Lipinski definition) is 0. The number of alkyl halides is 3. The highest BCUT2D eigenvalue weighted by atomic mass is 79.9. The topological polar surface area (TPSA) is 17.1 Å². The molecule has 21 heavy (non-hydrogen) atoms. The van der Waals surface area contributed by atoms with Crippen LogP contribution in [-0.2, 0) is 12.6 Å². The van der Waals surface area contributed by atoms with Crippen LogP contribution >= 0.6 is 15.9 Å². The summed E-state index contributed by atoms with van der Waals surface area (Å²) in [4.78, 5) is 12.1. The van der Waals surface area contributed by atoms with E-state index in [1.807, 2.05) is 0 Å². The molecular formula is C15H9BrF4O. The minimum atomic E-state index is -4.59. The molecule has 0 bridgehead atoms. The second-order valence-corrected chi connectivity index (χ2v) is 5.23. The van der Waals surface area contributed by atoms with Crippen LogP contribution in [0.15, 0.2) is 46.9 Å². The Morgan fingerprint density at radius 2 is 1.76 bits per heavy atom. The van der Waals surface area contributed by atoms with Gasteiger partial charge in [-0.05, 0) is 23.8 Å². The Labute approximate surface area is 126 Å². The van der Waals surface area contributed by atoms with Gasteiger partial charge in [0.2, 0.25) is 0 Å². The van der Waals surface area contributed by atoms with Gasteiger partial charge in [-0.2, -0.15) is 13.2 Å². The highest BCUT2D eigenvalue weighted by Gasteiger charge is 2.34. The van der Waals surface area contributed by atoms with Gasteiger partial charge in [-0.25, -0.2) is 4.39 Å². The fourth-order valence-corrected chi connectivity index (χ4v) is 2.40. The van der Waals surface area contributed by atoms with E-state index in [1.54, 1.807) is 0 Å². The average molecular weight is 361 g/mol. The first kappa shape index (κ1) is 15.7. The molecule has 0 saturated heterocycles. The largest absolute Gasteiger partial charge is 0.417 e. The third-order valence-electron chi connectivity index (χ3n) is 2.90. The van der Waals surface area contributed by atoms with Crippen LogP contribution in [-0.4, -0.2) is 5.78 Å². The van der Waals surface area contributed by atoms with Crippen LogP contribution in [0.4, 0.5) is 17.6 Å². The van der Waals surface area contributed by atoms with Gasteiger partial charge in [-0.1, -0.05) is 40.2 Å². The lowest BCUT2D eigenvalue weighted by Gasteiger charge is -2.12. The molecule has 0 saturated carbocycles. The molecule has 6 heteroatoms. The van der Waals surface area contributed by atoms with Crippen LogP contribution in [0, 0.1) is 5.82 Å². The summed E-state index contributed by atoms with van der Waals surface area (Å²) in [6, 6.07) is 8.31. The zero-order chi connectivity index (χ0) is 15.6. The van der Waals surface area contributed by atoms with Gasteiger partial charge in [0.1, 0.15) is 5.82 Å². The first-order valence-corrected chi connectivity index (χ1v) is 6.71. The van der Waals surface area contributed by atoms with E-state index in [0.717, 1.165) is 24.3 Å². The first-order valence-electron chi connectivity index (χ1n) is 5.92. The molecule has 1 nitrogen and oxygen atoms in total. The van der Waals surface area contributed by atoms with Crippen molar-refractivity contribution in [1.29, 1.82) is 0 Å². The lowest BCUT2D eigenvalue weighted by Crippen LogP contribution is -2.14. The average Bonchev–Trinajstić information content (AvgIpc) is 2.41. The summed E-state index contributed by atoms with van der Waals surface area (Å²) in [5, 5.41) is 0. The summed E-state index contributed by atoms with van der Waals surface area (Å²) < 4.78 is 51.9. The summed E-state index contributed by atoms with van der Waals surface area (Å²) >= 11 is 3.09. The molecule has 0 N–H and O–H groups in total. The van der Waals surface area contributed by atoms with Gasteiger partial charge in [0.05, 0.1) is 5.56 Å². The molecule has 0 aliphatic heterocycles. The van der Waals surface area contributed by atoms with Crippen molar-refractivity contribution >= 4 is 21.7 Å². The molecule has 2 rings (SSSR count). The van der Waals surface area contributed by atoms with Crippen molar-refractivity contribution in [2.75, 3.05) is 0 Å². The zero-order valence-electron chi connectivity index (χ0n) is 10.5. The van der Waals surface area contributed by atoms with Crippen molar-refractivity contribution in [2.24, 2.45) is 0 Å². The van der Waals surface area contributed by atoms with Crippen molar-refractivity contribution in [3.63, 3.8) is 0 Å². The smallest absolute Gasteiger partial charge is 0.294 e. The number of halogens is 5. The summed E-state index contributed by atoms with van der Waals surface area (Å²) in [5.74, 6) is -1.16. The van der Waals surface area contributed by atoms with Gasteiger partial charge >= 0.3 is 6.18 Å². The minimum Gasteiger partial charge on any atom is -0.294 e. The Morgan fingerprint density at radius 3 is 2.38 bits per heavy atom. The number of hydrogen-bond acceptors (Lipinski definition) is 1.